The third kappa shape index (κ3) is 15.5. The summed E-state index contributed by atoms with van der Waals surface area (Å²) in [4.78, 5) is 23.1. The van der Waals surface area contributed by atoms with Crippen LogP contribution in [0.3, 0.4) is 0 Å². The number of fused-ring (bicyclic) bond motifs is 2. The number of carboxylic acid groups (broad SMARTS) is 2. The number of benzene rings is 4. The van der Waals surface area contributed by atoms with E-state index in [1.54, 1.807) is 22.7 Å². The van der Waals surface area contributed by atoms with E-state index in [0.29, 0.717) is 12.2 Å². The molecule has 4 aromatic carbocycles. The van der Waals surface area contributed by atoms with Gasteiger partial charge in [0.05, 0.1) is 38.6 Å². The molecule has 0 bridgehead atoms. The Kier molecular flexibility index (Phi) is 18.5. The molecule has 2 aliphatic rings. The average molecular weight is 853 g/mol. The van der Waals surface area contributed by atoms with Crippen molar-refractivity contribution in [2.24, 2.45) is 0 Å². The molecule has 2 aliphatic heterocycles. The average Bonchev–Trinajstić information content (AvgIpc) is 3.92. The zero-order valence-corrected chi connectivity index (χ0v) is 35.7. The minimum Gasteiger partial charge on any atom is -0.473 e. The largest absolute Gasteiger partial charge is 0.473 e. The van der Waals surface area contributed by atoms with Crippen LogP contribution in [0.5, 0.6) is 0 Å². The first-order valence-corrected chi connectivity index (χ1v) is 22.4. The van der Waals surface area contributed by atoms with Gasteiger partial charge in [-0.05, 0) is 93.7 Å². The van der Waals surface area contributed by atoms with Gasteiger partial charge >= 0.3 is 11.9 Å². The SMILES string of the molecule is O=C(O)C(=O)O.c1ccc(COC2CN(CCCOCCc3ccc4sccc4c3)C2)cc1.c1ccc(COC2CN(CCCOCCc3ccc4sccc4c3)C2)cc1. The Labute approximate surface area is 360 Å². The second-order valence-corrected chi connectivity index (χ2v) is 16.9. The Morgan fingerprint density at radius 1 is 0.533 bits per heavy atom. The Hall–Kier alpha value is -4.50. The zero-order chi connectivity index (χ0) is 41.8. The highest BCUT2D eigenvalue weighted by molar-refractivity contribution is 7.17. The van der Waals surface area contributed by atoms with Gasteiger partial charge in [0.25, 0.3) is 0 Å². The molecule has 0 radical (unpaired) electrons. The lowest BCUT2D eigenvalue weighted by atomic mass is 10.1. The van der Waals surface area contributed by atoms with Gasteiger partial charge in [-0.25, -0.2) is 9.59 Å². The van der Waals surface area contributed by atoms with Crippen molar-refractivity contribution in [2.75, 3.05) is 65.7 Å². The van der Waals surface area contributed by atoms with Crippen molar-refractivity contribution in [2.45, 2.75) is 51.1 Å². The fourth-order valence-electron chi connectivity index (χ4n) is 6.91. The molecular formula is C48H56N2O8S2. The molecule has 2 aromatic heterocycles. The maximum Gasteiger partial charge on any atom is 0.414 e. The predicted octanol–water partition coefficient (Wildman–Crippen LogP) is 8.66. The van der Waals surface area contributed by atoms with E-state index in [2.05, 4.69) is 118 Å². The van der Waals surface area contributed by atoms with Crippen molar-refractivity contribution in [1.29, 1.82) is 0 Å². The lowest BCUT2D eigenvalue weighted by molar-refractivity contribution is -0.159. The molecule has 8 rings (SSSR count). The van der Waals surface area contributed by atoms with Gasteiger partial charge in [0.15, 0.2) is 0 Å². The van der Waals surface area contributed by atoms with Crippen molar-refractivity contribution >= 4 is 54.8 Å². The summed E-state index contributed by atoms with van der Waals surface area (Å²) in [7, 11) is 0. The van der Waals surface area contributed by atoms with Crippen molar-refractivity contribution in [3.63, 3.8) is 0 Å². The first-order valence-electron chi connectivity index (χ1n) is 20.7. The molecule has 12 heteroatoms. The van der Waals surface area contributed by atoms with Crippen LogP contribution in [0.25, 0.3) is 20.2 Å². The standard InChI is InChI=1S/2C23H27NO2S.C2H2O4/c2*1-2-5-20(6-3-1)18-26-22-16-24(17-22)11-4-12-25-13-9-19-7-8-23-21(15-19)10-14-27-23;3-1(4)2(5)6/h2*1-3,5-8,10,14-15,22H,4,9,11-13,16-18H2;(H,3,4)(H,5,6). The molecule has 2 saturated heterocycles. The van der Waals surface area contributed by atoms with Crippen LogP contribution < -0.4 is 0 Å². The lowest BCUT2D eigenvalue weighted by Gasteiger charge is -2.38. The van der Waals surface area contributed by atoms with Crippen molar-refractivity contribution in [3.05, 3.63) is 142 Å². The molecule has 0 spiro atoms. The van der Waals surface area contributed by atoms with Crippen LogP contribution in [0.1, 0.15) is 35.1 Å². The number of carbonyl (C=O) groups is 2. The van der Waals surface area contributed by atoms with Crippen LogP contribution >= 0.6 is 22.7 Å². The molecular weight excluding hydrogens is 797 g/mol. The number of aliphatic carboxylic acids is 2. The smallest absolute Gasteiger partial charge is 0.414 e. The highest BCUT2D eigenvalue weighted by Crippen LogP contribution is 2.23. The molecule has 0 aliphatic carbocycles. The zero-order valence-electron chi connectivity index (χ0n) is 34.1. The van der Waals surface area contributed by atoms with Crippen LogP contribution in [-0.2, 0) is 54.6 Å². The number of ether oxygens (including phenoxy) is 4. The summed E-state index contributed by atoms with van der Waals surface area (Å²) < 4.78 is 26.3. The van der Waals surface area contributed by atoms with Crippen LogP contribution in [0.15, 0.2) is 120 Å². The topological polar surface area (TPSA) is 118 Å². The second-order valence-electron chi connectivity index (χ2n) is 15.0. The molecule has 6 aromatic rings. The molecule has 318 valence electrons. The van der Waals surface area contributed by atoms with E-state index in [1.807, 2.05) is 12.1 Å². The van der Waals surface area contributed by atoms with Crippen LogP contribution in [0.2, 0.25) is 0 Å². The van der Waals surface area contributed by atoms with Crippen molar-refractivity contribution in [1.82, 2.24) is 9.80 Å². The molecule has 0 unspecified atom stereocenters. The van der Waals surface area contributed by atoms with Crippen molar-refractivity contribution < 1.29 is 38.7 Å². The molecule has 2 fully saturated rings. The maximum absolute atomic E-state index is 9.10. The first-order chi connectivity index (χ1) is 29.4. The summed E-state index contributed by atoms with van der Waals surface area (Å²) in [6, 6.07) is 38.6. The molecule has 60 heavy (non-hydrogen) atoms. The van der Waals surface area contributed by atoms with Gasteiger partial charge in [0.2, 0.25) is 0 Å². The minimum absolute atomic E-state index is 0.387. The van der Waals surface area contributed by atoms with Crippen LogP contribution in [-0.4, -0.2) is 110 Å². The summed E-state index contributed by atoms with van der Waals surface area (Å²) in [5.74, 6) is -3.65. The fourth-order valence-corrected chi connectivity index (χ4v) is 8.45. The Morgan fingerprint density at radius 3 is 1.35 bits per heavy atom. The number of nitrogens with zero attached hydrogens (tertiary/aromatic N) is 2. The molecule has 0 saturated carbocycles. The Morgan fingerprint density at radius 2 is 0.950 bits per heavy atom. The lowest BCUT2D eigenvalue weighted by Crippen LogP contribution is -2.52. The minimum atomic E-state index is -1.82. The summed E-state index contributed by atoms with van der Waals surface area (Å²) in [5.41, 5.74) is 5.23. The number of thiophene rings is 2. The molecule has 0 amide bonds. The highest BCUT2D eigenvalue weighted by Gasteiger charge is 2.27. The summed E-state index contributed by atoms with van der Waals surface area (Å²) in [6.07, 6.45) is 4.94. The van der Waals surface area contributed by atoms with E-state index in [1.165, 1.54) is 42.4 Å². The van der Waals surface area contributed by atoms with Gasteiger partial charge < -0.3 is 29.2 Å². The van der Waals surface area contributed by atoms with E-state index >= 15 is 0 Å². The van der Waals surface area contributed by atoms with E-state index in [4.69, 9.17) is 38.7 Å². The van der Waals surface area contributed by atoms with Gasteiger partial charge in [-0.1, -0.05) is 84.9 Å². The number of hydrogen-bond donors (Lipinski definition) is 2. The van der Waals surface area contributed by atoms with E-state index < -0.39 is 11.9 Å². The molecule has 10 nitrogen and oxygen atoms in total. The number of rotatable bonds is 20. The Bertz CT molecular complexity index is 2000. The summed E-state index contributed by atoms with van der Waals surface area (Å²) in [6.45, 7) is 11.1. The van der Waals surface area contributed by atoms with Crippen LogP contribution in [0, 0.1) is 0 Å². The van der Waals surface area contributed by atoms with E-state index in [-0.39, 0.29) is 0 Å². The third-order valence-corrected chi connectivity index (χ3v) is 12.1. The van der Waals surface area contributed by atoms with E-state index in [0.717, 1.165) is 105 Å². The monoisotopic (exact) mass is 852 g/mol. The van der Waals surface area contributed by atoms with E-state index in [9.17, 15) is 0 Å². The number of hydrogen-bond acceptors (Lipinski definition) is 10. The summed E-state index contributed by atoms with van der Waals surface area (Å²) >= 11 is 3.60. The maximum atomic E-state index is 9.10. The van der Waals surface area contributed by atoms with Gasteiger partial charge in [0.1, 0.15) is 0 Å². The van der Waals surface area contributed by atoms with Gasteiger partial charge in [-0.2, -0.15) is 0 Å². The predicted molar refractivity (Wildman–Crippen MR) is 240 cm³/mol. The van der Waals surface area contributed by atoms with Crippen molar-refractivity contribution in [3.8, 4) is 0 Å². The second kappa shape index (κ2) is 24.7. The Balaban J connectivity index is 0.000000177. The molecule has 2 N–H and O–H groups in total. The van der Waals surface area contributed by atoms with Gasteiger partial charge in [-0.3, -0.25) is 9.80 Å². The first kappa shape index (κ1) is 45.0. The molecule has 4 heterocycles. The molecule has 0 atom stereocenters. The quantitative estimate of drug-likeness (QED) is 0.0571. The van der Waals surface area contributed by atoms with Gasteiger partial charge in [0, 0.05) is 61.9 Å². The number of likely N-dealkylation sites (tertiary alicyclic amines) is 2. The normalized spacial score (nSPS) is 14.5. The summed E-state index contributed by atoms with van der Waals surface area (Å²) in [5, 5.41) is 21.8. The number of carboxylic acids is 2. The fraction of sp³-hybridized carbons (Fsp3) is 0.375. The van der Waals surface area contributed by atoms with Crippen LogP contribution in [0.4, 0.5) is 0 Å². The third-order valence-electron chi connectivity index (χ3n) is 10.3. The van der Waals surface area contributed by atoms with Gasteiger partial charge in [-0.15, -0.1) is 22.7 Å². The highest BCUT2D eigenvalue weighted by atomic mass is 32.1.